The summed E-state index contributed by atoms with van der Waals surface area (Å²) in [6.07, 6.45) is -4.42. The molecule has 0 saturated heterocycles. The van der Waals surface area contributed by atoms with Crippen LogP contribution in [0.1, 0.15) is 5.56 Å². The third-order valence-corrected chi connectivity index (χ3v) is 3.67. The highest BCUT2D eigenvalue weighted by molar-refractivity contribution is 14.1. The van der Waals surface area contributed by atoms with Gasteiger partial charge in [-0.1, -0.05) is 35.3 Å². The molecule has 82 valence electrons. The number of halogens is 6. The third kappa shape index (κ3) is 3.53. The minimum atomic E-state index is -4.42. The predicted molar refractivity (Wildman–Crippen MR) is 64.3 cm³/mol. The maximum absolute atomic E-state index is 12.3. The Balaban J connectivity index is 3.14. The largest absolute Gasteiger partial charge is 0.423 e. The van der Waals surface area contributed by atoms with Crippen LogP contribution in [0.2, 0.25) is 5.02 Å². The molecule has 0 unspecified atom stereocenters. The second-order valence-corrected chi connectivity index (χ2v) is 4.53. The third-order valence-electron chi connectivity index (χ3n) is 1.54. The van der Waals surface area contributed by atoms with Crippen LogP contribution in [0.4, 0.5) is 13.2 Å². The van der Waals surface area contributed by atoms with Crippen molar-refractivity contribution in [2.24, 2.45) is 0 Å². The van der Waals surface area contributed by atoms with Gasteiger partial charge < -0.3 is 0 Å². The summed E-state index contributed by atoms with van der Waals surface area (Å²) in [4.78, 5) is 0. The number of rotatable bonds is 1. The zero-order valence-electron chi connectivity index (χ0n) is 7.08. The maximum Gasteiger partial charge on any atom is 0.423 e. The van der Waals surface area contributed by atoms with Crippen molar-refractivity contribution in [1.82, 2.24) is 0 Å². The van der Waals surface area contributed by atoms with Crippen molar-refractivity contribution in [1.29, 1.82) is 0 Å². The second-order valence-electron chi connectivity index (χ2n) is 2.63. The highest BCUT2D eigenvalue weighted by Gasteiger charge is 2.34. The first kappa shape index (κ1) is 13.1. The van der Waals surface area contributed by atoms with Crippen molar-refractivity contribution in [2.75, 3.05) is 0 Å². The predicted octanol–water partition coefficient (Wildman–Crippen LogP) is 5.24. The van der Waals surface area contributed by atoms with E-state index in [1.54, 1.807) is 0 Å². The topological polar surface area (TPSA) is 0 Å². The highest BCUT2D eigenvalue weighted by Crippen LogP contribution is 2.38. The van der Waals surface area contributed by atoms with Gasteiger partial charge in [0.2, 0.25) is 0 Å². The fourth-order valence-electron chi connectivity index (χ4n) is 0.847. The summed E-state index contributed by atoms with van der Waals surface area (Å²) in [5.41, 5.74) is 0.294. The van der Waals surface area contributed by atoms with Gasteiger partial charge in [0, 0.05) is 5.02 Å². The summed E-state index contributed by atoms with van der Waals surface area (Å²) in [5.74, 6) is 0. The van der Waals surface area contributed by atoms with Gasteiger partial charge in [0.15, 0.2) is 0 Å². The Hall–Kier alpha value is 0.0600. The molecule has 15 heavy (non-hydrogen) atoms. The van der Waals surface area contributed by atoms with Gasteiger partial charge in [-0.2, -0.15) is 13.2 Å². The smallest absolute Gasteiger partial charge is 0.166 e. The zero-order chi connectivity index (χ0) is 11.6. The van der Waals surface area contributed by atoms with Gasteiger partial charge in [0.1, 0.15) is 3.58 Å². The lowest BCUT2D eigenvalue weighted by molar-refractivity contribution is -0.0810. The zero-order valence-corrected chi connectivity index (χ0v) is 10.7. The van der Waals surface area contributed by atoms with Crippen LogP contribution in [0, 0.1) is 0 Å². The first-order chi connectivity index (χ1) is 6.82. The Bertz CT molecular complexity index is 381. The van der Waals surface area contributed by atoms with E-state index >= 15 is 0 Å². The summed E-state index contributed by atoms with van der Waals surface area (Å²) in [6, 6.07) is 5.85. The molecule has 0 nitrogen and oxygen atoms in total. The molecule has 1 rings (SSSR count). The van der Waals surface area contributed by atoms with Gasteiger partial charge in [-0.25, -0.2) is 0 Å². The molecule has 0 aliphatic carbocycles. The quantitative estimate of drug-likeness (QED) is 0.596. The molecule has 0 N–H and O–H groups in total. The van der Waals surface area contributed by atoms with Crippen LogP contribution in [0.15, 0.2) is 27.8 Å². The minimum Gasteiger partial charge on any atom is -0.166 e. The van der Waals surface area contributed by atoms with Gasteiger partial charge in [-0.05, 0) is 40.3 Å². The van der Waals surface area contributed by atoms with Crippen molar-refractivity contribution < 1.29 is 13.2 Å². The van der Waals surface area contributed by atoms with E-state index in [1.165, 1.54) is 46.9 Å². The fourth-order valence-corrected chi connectivity index (χ4v) is 1.52. The molecule has 0 aliphatic rings. The van der Waals surface area contributed by atoms with Gasteiger partial charge >= 0.3 is 6.18 Å². The molecule has 0 aromatic heterocycles. The molecule has 6 heteroatoms. The first-order valence-corrected chi connectivity index (χ1v) is 5.54. The monoisotopic (exact) mass is 366 g/mol. The maximum atomic E-state index is 12.3. The van der Waals surface area contributed by atoms with E-state index < -0.39 is 9.76 Å². The van der Waals surface area contributed by atoms with Gasteiger partial charge in [-0.3, -0.25) is 0 Å². The Morgan fingerprint density at radius 2 is 1.60 bits per heavy atom. The average Bonchev–Trinajstić information content (AvgIpc) is 2.15. The molecule has 0 bridgehead atoms. The summed E-state index contributed by atoms with van der Waals surface area (Å²) in [6.45, 7) is 0. The average molecular weight is 367 g/mol. The standard InChI is InChI=1S/C9H4Cl2F3I/c10-6-3-1-5(2-4-6)7(11)8(15)9(12,13)14/h1-4H/b8-7+. The second kappa shape index (κ2) is 4.93. The van der Waals surface area contributed by atoms with E-state index in [9.17, 15) is 13.2 Å². The number of hydrogen-bond donors (Lipinski definition) is 0. The lowest BCUT2D eigenvalue weighted by atomic mass is 10.2. The van der Waals surface area contributed by atoms with Crippen molar-refractivity contribution in [3.8, 4) is 0 Å². The van der Waals surface area contributed by atoms with Crippen molar-refractivity contribution in [3.05, 3.63) is 38.4 Å². The molecule has 0 aliphatic heterocycles. The number of benzene rings is 1. The SMILES string of the molecule is FC(F)(F)/C(I)=C(\Cl)c1ccc(Cl)cc1. The summed E-state index contributed by atoms with van der Waals surface area (Å²) in [5, 5.41) is 0.130. The normalized spacial score (nSPS) is 13.7. The summed E-state index contributed by atoms with van der Waals surface area (Å²) in [7, 11) is 0. The fraction of sp³-hybridized carbons (Fsp3) is 0.111. The van der Waals surface area contributed by atoms with Gasteiger partial charge in [0.25, 0.3) is 0 Å². The molecule has 0 amide bonds. The molecule has 0 spiro atoms. The van der Waals surface area contributed by atoms with Gasteiger partial charge in [0.05, 0.1) is 5.03 Å². The summed E-state index contributed by atoms with van der Waals surface area (Å²) >= 11 is 12.4. The molecule has 0 radical (unpaired) electrons. The van der Waals surface area contributed by atoms with Crippen LogP contribution in [0.3, 0.4) is 0 Å². The lowest BCUT2D eigenvalue weighted by Gasteiger charge is -2.08. The van der Waals surface area contributed by atoms with Crippen molar-refractivity contribution >= 4 is 50.8 Å². The van der Waals surface area contributed by atoms with Crippen LogP contribution in [0.25, 0.3) is 5.03 Å². The number of alkyl halides is 3. The molecule has 1 aromatic rings. The highest BCUT2D eigenvalue weighted by atomic mass is 127. The Labute approximate surface area is 108 Å². The number of allylic oxidation sites excluding steroid dienone is 1. The van der Waals surface area contributed by atoms with E-state index in [0.29, 0.717) is 10.6 Å². The molecule has 1 aromatic carbocycles. The number of hydrogen-bond acceptors (Lipinski definition) is 0. The lowest BCUT2D eigenvalue weighted by Crippen LogP contribution is -2.07. The van der Waals surface area contributed by atoms with Crippen LogP contribution in [0.5, 0.6) is 0 Å². The molecule has 0 atom stereocenters. The van der Waals surface area contributed by atoms with Crippen LogP contribution >= 0.6 is 45.8 Å². The van der Waals surface area contributed by atoms with Crippen LogP contribution < -0.4 is 0 Å². The molecule has 0 saturated carbocycles. The van der Waals surface area contributed by atoms with E-state index in [1.807, 2.05) is 0 Å². The molecule has 0 fully saturated rings. The molecular weight excluding hydrogens is 363 g/mol. The first-order valence-electron chi connectivity index (χ1n) is 3.71. The van der Waals surface area contributed by atoms with E-state index in [2.05, 4.69) is 0 Å². The van der Waals surface area contributed by atoms with Crippen LogP contribution in [-0.4, -0.2) is 6.18 Å². The van der Waals surface area contributed by atoms with Gasteiger partial charge in [-0.15, -0.1) is 0 Å². The van der Waals surface area contributed by atoms with E-state index in [0.717, 1.165) is 0 Å². The van der Waals surface area contributed by atoms with E-state index in [4.69, 9.17) is 23.2 Å². The van der Waals surface area contributed by atoms with E-state index in [-0.39, 0.29) is 5.03 Å². The Morgan fingerprint density at radius 3 is 2.00 bits per heavy atom. The minimum absolute atomic E-state index is 0.294. The summed E-state index contributed by atoms with van der Waals surface area (Å²) < 4.78 is 36.0. The Morgan fingerprint density at radius 1 is 1.13 bits per heavy atom. The molecular formula is C9H4Cl2F3I. The molecule has 0 heterocycles. The van der Waals surface area contributed by atoms with Crippen molar-refractivity contribution in [3.63, 3.8) is 0 Å². The van der Waals surface area contributed by atoms with Crippen molar-refractivity contribution in [2.45, 2.75) is 6.18 Å². The Kier molecular flexibility index (Phi) is 4.31. The van der Waals surface area contributed by atoms with Crippen LogP contribution in [-0.2, 0) is 0 Å².